The number of hydrogen-bond acceptors (Lipinski definition) is 4. The van der Waals surface area contributed by atoms with Crippen LogP contribution in [-0.4, -0.2) is 25.0 Å². The Kier molecular flexibility index (Phi) is 7.87. The number of amides is 2. The lowest BCUT2D eigenvalue weighted by molar-refractivity contribution is -0.123. The highest BCUT2D eigenvalue weighted by Gasteiger charge is 2.09. The van der Waals surface area contributed by atoms with E-state index in [1.807, 2.05) is 32.0 Å². The van der Waals surface area contributed by atoms with Gasteiger partial charge in [-0.15, -0.1) is 0 Å². The number of hydrazine groups is 1. The fraction of sp³-hybridized carbons (Fsp3) is 0.364. The smallest absolute Gasteiger partial charge is 0.276 e. The fourth-order valence-electron chi connectivity index (χ4n) is 2.54. The van der Waals surface area contributed by atoms with Crippen LogP contribution >= 0.6 is 0 Å². The first-order valence-corrected chi connectivity index (χ1v) is 9.36. The topological polar surface area (TPSA) is 76.7 Å². The van der Waals surface area contributed by atoms with E-state index in [1.165, 1.54) is 0 Å². The summed E-state index contributed by atoms with van der Waals surface area (Å²) in [6, 6.07) is 12.6. The van der Waals surface area contributed by atoms with Crippen LogP contribution in [0, 0.1) is 19.8 Å². The van der Waals surface area contributed by atoms with E-state index in [0.717, 1.165) is 17.5 Å². The maximum Gasteiger partial charge on any atom is 0.276 e. The van der Waals surface area contributed by atoms with Gasteiger partial charge in [-0.05, 0) is 67.6 Å². The molecule has 0 saturated heterocycles. The van der Waals surface area contributed by atoms with Crippen LogP contribution in [0.1, 0.15) is 41.8 Å². The van der Waals surface area contributed by atoms with E-state index in [-0.39, 0.29) is 6.61 Å². The van der Waals surface area contributed by atoms with Crippen LogP contribution in [0.4, 0.5) is 0 Å². The standard InChI is InChI=1S/C22H28N2O4/c1-15(2)8-9-27-19-7-5-6-18(13-19)22(26)24-23-21(25)14-28-20-11-16(3)10-17(4)12-20/h5-7,10-13,15H,8-9,14H2,1-4H3,(H,23,25)(H,24,26). The van der Waals surface area contributed by atoms with E-state index in [4.69, 9.17) is 9.47 Å². The predicted octanol–water partition coefficient (Wildman–Crippen LogP) is 3.57. The summed E-state index contributed by atoms with van der Waals surface area (Å²) in [7, 11) is 0. The van der Waals surface area contributed by atoms with Crippen LogP contribution in [0.2, 0.25) is 0 Å². The first-order valence-electron chi connectivity index (χ1n) is 9.36. The Labute approximate surface area is 166 Å². The largest absolute Gasteiger partial charge is 0.494 e. The minimum atomic E-state index is -0.447. The number of carbonyl (C=O) groups is 2. The van der Waals surface area contributed by atoms with E-state index >= 15 is 0 Å². The molecule has 2 aromatic carbocycles. The Hall–Kier alpha value is -3.02. The molecule has 28 heavy (non-hydrogen) atoms. The summed E-state index contributed by atoms with van der Waals surface area (Å²) in [6.45, 7) is 8.57. The van der Waals surface area contributed by atoms with E-state index in [1.54, 1.807) is 24.3 Å². The van der Waals surface area contributed by atoms with Gasteiger partial charge in [0.1, 0.15) is 11.5 Å². The molecule has 0 aromatic heterocycles. The molecule has 0 radical (unpaired) electrons. The van der Waals surface area contributed by atoms with Gasteiger partial charge in [0.05, 0.1) is 6.61 Å². The second-order valence-electron chi connectivity index (χ2n) is 7.17. The van der Waals surface area contributed by atoms with Gasteiger partial charge in [-0.25, -0.2) is 0 Å². The van der Waals surface area contributed by atoms with Gasteiger partial charge in [-0.1, -0.05) is 26.0 Å². The quantitative estimate of drug-likeness (QED) is 0.682. The first kappa shape index (κ1) is 21.3. The Morgan fingerprint density at radius 1 is 0.929 bits per heavy atom. The molecule has 0 spiro atoms. The Bertz CT molecular complexity index is 798. The number of rotatable bonds is 8. The van der Waals surface area contributed by atoms with Crippen molar-refractivity contribution in [2.24, 2.45) is 5.92 Å². The molecule has 2 rings (SSSR count). The molecular weight excluding hydrogens is 356 g/mol. The maximum absolute atomic E-state index is 12.2. The number of nitrogens with one attached hydrogen (secondary N) is 2. The number of ether oxygens (including phenoxy) is 2. The van der Waals surface area contributed by atoms with Crippen molar-refractivity contribution in [3.05, 3.63) is 59.2 Å². The third-order valence-electron chi connectivity index (χ3n) is 3.94. The molecule has 0 saturated carbocycles. The molecule has 0 unspecified atom stereocenters. The van der Waals surface area contributed by atoms with Gasteiger partial charge >= 0.3 is 0 Å². The molecule has 0 aliphatic heterocycles. The molecule has 150 valence electrons. The summed E-state index contributed by atoms with van der Waals surface area (Å²) in [5.41, 5.74) is 7.25. The van der Waals surface area contributed by atoms with Crippen LogP contribution in [0.5, 0.6) is 11.5 Å². The summed E-state index contributed by atoms with van der Waals surface area (Å²) in [5.74, 6) is 0.918. The summed E-state index contributed by atoms with van der Waals surface area (Å²) in [4.78, 5) is 24.1. The molecule has 6 heteroatoms. The van der Waals surface area contributed by atoms with Crippen molar-refractivity contribution in [2.45, 2.75) is 34.1 Å². The zero-order valence-electron chi connectivity index (χ0n) is 16.9. The minimum absolute atomic E-state index is 0.193. The van der Waals surface area contributed by atoms with Gasteiger partial charge in [0.15, 0.2) is 6.61 Å². The molecular formula is C22H28N2O4. The van der Waals surface area contributed by atoms with Gasteiger partial charge in [0.2, 0.25) is 0 Å². The minimum Gasteiger partial charge on any atom is -0.494 e. The van der Waals surface area contributed by atoms with Crippen LogP contribution < -0.4 is 20.3 Å². The maximum atomic E-state index is 12.2. The second kappa shape index (κ2) is 10.3. The highest BCUT2D eigenvalue weighted by Crippen LogP contribution is 2.16. The van der Waals surface area contributed by atoms with Crippen molar-refractivity contribution in [3.8, 4) is 11.5 Å². The molecule has 2 N–H and O–H groups in total. The average Bonchev–Trinajstić information content (AvgIpc) is 2.63. The lowest BCUT2D eigenvalue weighted by Gasteiger charge is -2.11. The third-order valence-corrected chi connectivity index (χ3v) is 3.94. The van der Waals surface area contributed by atoms with E-state index in [9.17, 15) is 9.59 Å². The Morgan fingerprint density at radius 2 is 1.64 bits per heavy atom. The lowest BCUT2D eigenvalue weighted by Crippen LogP contribution is -2.43. The normalized spacial score (nSPS) is 10.5. The van der Waals surface area contributed by atoms with Crippen LogP contribution in [0.3, 0.4) is 0 Å². The van der Waals surface area contributed by atoms with Crippen molar-refractivity contribution < 1.29 is 19.1 Å². The number of carbonyl (C=O) groups excluding carboxylic acids is 2. The molecule has 0 heterocycles. The Balaban J connectivity index is 1.80. The molecule has 0 aliphatic carbocycles. The predicted molar refractivity (Wildman–Crippen MR) is 108 cm³/mol. The monoisotopic (exact) mass is 384 g/mol. The summed E-state index contributed by atoms with van der Waals surface area (Å²) < 4.78 is 11.1. The molecule has 0 fully saturated rings. The van der Waals surface area contributed by atoms with Crippen molar-refractivity contribution in [2.75, 3.05) is 13.2 Å². The SMILES string of the molecule is Cc1cc(C)cc(OCC(=O)NNC(=O)c2cccc(OCCC(C)C)c2)c1. The highest BCUT2D eigenvalue weighted by molar-refractivity contribution is 5.95. The number of aryl methyl sites for hydroxylation is 2. The van der Waals surface area contributed by atoms with Crippen LogP contribution in [-0.2, 0) is 4.79 Å². The molecule has 2 aromatic rings. The molecule has 0 bridgehead atoms. The van der Waals surface area contributed by atoms with Gasteiger partial charge < -0.3 is 9.47 Å². The Morgan fingerprint density at radius 3 is 2.32 bits per heavy atom. The van der Waals surface area contributed by atoms with E-state index < -0.39 is 11.8 Å². The van der Waals surface area contributed by atoms with Crippen molar-refractivity contribution in [1.82, 2.24) is 10.9 Å². The third kappa shape index (κ3) is 7.31. The average molecular weight is 384 g/mol. The zero-order chi connectivity index (χ0) is 20.5. The number of benzene rings is 2. The van der Waals surface area contributed by atoms with Crippen molar-refractivity contribution >= 4 is 11.8 Å². The summed E-state index contributed by atoms with van der Waals surface area (Å²) in [6.07, 6.45) is 0.937. The van der Waals surface area contributed by atoms with Gasteiger partial charge in [0, 0.05) is 5.56 Å². The zero-order valence-corrected chi connectivity index (χ0v) is 16.9. The molecule has 2 amide bonds. The van der Waals surface area contributed by atoms with Gasteiger partial charge in [-0.3, -0.25) is 20.4 Å². The van der Waals surface area contributed by atoms with Crippen molar-refractivity contribution in [1.29, 1.82) is 0 Å². The first-order chi connectivity index (χ1) is 13.3. The molecule has 6 nitrogen and oxygen atoms in total. The van der Waals surface area contributed by atoms with Crippen molar-refractivity contribution in [3.63, 3.8) is 0 Å². The van der Waals surface area contributed by atoms with Gasteiger partial charge in [-0.2, -0.15) is 0 Å². The van der Waals surface area contributed by atoms with Crippen LogP contribution in [0.25, 0.3) is 0 Å². The molecule has 0 aliphatic rings. The van der Waals surface area contributed by atoms with Gasteiger partial charge in [0.25, 0.3) is 11.8 Å². The van der Waals surface area contributed by atoms with E-state index in [0.29, 0.717) is 29.6 Å². The summed E-state index contributed by atoms with van der Waals surface area (Å²) in [5, 5.41) is 0. The number of hydrogen-bond donors (Lipinski definition) is 2. The van der Waals surface area contributed by atoms with E-state index in [2.05, 4.69) is 24.7 Å². The van der Waals surface area contributed by atoms with Crippen LogP contribution in [0.15, 0.2) is 42.5 Å². The highest BCUT2D eigenvalue weighted by atomic mass is 16.5. The lowest BCUT2D eigenvalue weighted by atomic mass is 10.1. The summed E-state index contributed by atoms with van der Waals surface area (Å²) >= 11 is 0. The fourth-order valence-corrected chi connectivity index (χ4v) is 2.54. The second-order valence-corrected chi connectivity index (χ2v) is 7.17. The molecule has 0 atom stereocenters.